The van der Waals surface area contributed by atoms with Crippen LogP contribution in [0, 0.1) is 18.6 Å². The van der Waals surface area contributed by atoms with E-state index in [1.165, 1.54) is 24.6 Å². The van der Waals surface area contributed by atoms with E-state index in [0.717, 1.165) is 0 Å². The molecule has 2 aliphatic heterocycles. The Kier molecular flexibility index (Phi) is 4.53. The van der Waals surface area contributed by atoms with Crippen molar-refractivity contribution in [1.82, 2.24) is 9.47 Å². The first-order chi connectivity index (χ1) is 13.6. The van der Waals surface area contributed by atoms with Gasteiger partial charge in [0.15, 0.2) is 5.82 Å². The molecule has 1 aromatic carbocycles. The number of amides is 1. The molecule has 2 aromatic rings. The number of rotatable bonds is 2. The Morgan fingerprint density at radius 2 is 1.90 bits per heavy atom. The van der Waals surface area contributed by atoms with Gasteiger partial charge in [0.2, 0.25) is 5.91 Å². The molecule has 1 fully saturated rings. The van der Waals surface area contributed by atoms with Crippen LogP contribution in [0.4, 0.5) is 20.2 Å². The number of benzene rings is 1. The topological polar surface area (TPSA) is 74.8 Å². The van der Waals surface area contributed by atoms with Crippen LogP contribution in [0.25, 0.3) is 10.9 Å². The smallest absolute Gasteiger partial charge is 0.276 e. The Morgan fingerprint density at radius 1 is 1.21 bits per heavy atom. The van der Waals surface area contributed by atoms with Gasteiger partial charge in [0.25, 0.3) is 5.56 Å². The van der Waals surface area contributed by atoms with Gasteiger partial charge in [0.05, 0.1) is 23.8 Å². The lowest BCUT2D eigenvalue weighted by molar-refractivity contribution is -0.116. The maximum absolute atomic E-state index is 15.0. The molecule has 1 saturated heterocycles. The van der Waals surface area contributed by atoms with Crippen LogP contribution in [-0.2, 0) is 11.8 Å². The molecule has 2 atom stereocenters. The number of aryl methyl sites for hydroxylation is 1. The van der Waals surface area contributed by atoms with Crippen molar-refractivity contribution in [3.05, 3.63) is 33.6 Å². The fraction of sp³-hybridized carbons (Fsp3) is 0.500. The highest BCUT2D eigenvalue weighted by Crippen LogP contribution is 2.41. The Bertz CT molecular complexity index is 1080. The standard InChI is InChI=1S/C20H25F2N5O2/c1-10-6-27-12(7-24(10)3)8-26(9-15(23)28)19-18(27)13-5-14(21)11(2)16(22)17(13)25(4)20(19)29/h5,10,12H,6-9H2,1-4H3,(H2,23,28). The number of hydrogen-bond acceptors (Lipinski definition) is 5. The molecule has 4 rings (SSSR count). The number of likely N-dealkylation sites (N-methyl/N-ethyl adjacent to an activating group) is 1. The summed E-state index contributed by atoms with van der Waals surface area (Å²) in [6.45, 7) is 5.04. The van der Waals surface area contributed by atoms with Crippen molar-refractivity contribution >= 4 is 28.2 Å². The number of aromatic nitrogens is 1. The summed E-state index contributed by atoms with van der Waals surface area (Å²) in [5.41, 5.74) is 5.71. The molecule has 3 heterocycles. The molecule has 7 nitrogen and oxygen atoms in total. The lowest BCUT2D eigenvalue weighted by atomic mass is 9.98. The fourth-order valence-electron chi connectivity index (χ4n) is 4.57. The molecule has 0 radical (unpaired) electrons. The SMILES string of the molecule is Cc1c(F)cc2c3c(c(=O)n(C)c2c1F)N(CC(N)=O)CC1CN(C)C(C)CN31. The molecule has 2 unspecified atom stereocenters. The summed E-state index contributed by atoms with van der Waals surface area (Å²) in [7, 11) is 3.48. The van der Waals surface area contributed by atoms with Gasteiger partial charge in [-0.05, 0) is 27.0 Å². The van der Waals surface area contributed by atoms with E-state index in [2.05, 4.69) is 16.7 Å². The first-order valence-electron chi connectivity index (χ1n) is 9.63. The molecule has 9 heteroatoms. The van der Waals surface area contributed by atoms with E-state index in [4.69, 9.17) is 5.73 Å². The number of nitrogens with zero attached hydrogens (tertiary/aromatic N) is 4. The van der Waals surface area contributed by atoms with Crippen molar-refractivity contribution in [3.63, 3.8) is 0 Å². The van der Waals surface area contributed by atoms with Crippen molar-refractivity contribution in [3.8, 4) is 0 Å². The minimum atomic E-state index is -0.742. The van der Waals surface area contributed by atoms with E-state index >= 15 is 4.39 Å². The molecule has 2 N–H and O–H groups in total. The summed E-state index contributed by atoms with van der Waals surface area (Å²) in [4.78, 5) is 30.9. The molecule has 29 heavy (non-hydrogen) atoms. The van der Waals surface area contributed by atoms with Crippen LogP contribution in [0.2, 0.25) is 0 Å². The average molecular weight is 405 g/mol. The third kappa shape index (κ3) is 2.87. The van der Waals surface area contributed by atoms with Crippen LogP contribution in [0.3, 0.4) is 0 Å². The first kappa shape index (κ1) is 19.6. The maximum atomic E-state index is 15.0. The van der Waals surface area contributed by atoms with E-state index in [1.807, 2.05) is 7.05 Å². The second-order valence-electron chi connectivity index (χ2n) is 8.20. The zero-order valence-corrected chi connectivity index (χ0v) is 17.0. The van der Waals surface area contributed by atoms with Gasteiger partial charge >= 0.3 is 0 Å². The van der Waals surface area contributed by atoms with Gasteiger partial charge in [-0.1, -0.05) is 0 Å². The highest BCUT2D eigenvalue weighted by Gasteiger charge is 2.40. The third-order valence-electron chi connectivity index (χ3n) is 6.28. The monoisotopic (exact) mass is 405 g/mol. The molecule has 0 spiro atoms. The van der Waals surface area contributed by atoms with Crippen molar-refractivity contribution < 1.29 is 13.6 Å². The fourth-order valence-corrected chi connectivity index (χ4v) is 4.57. The second-order valence-corrected chi connectivity index (χ2v) is 8.20. The van der Waals surface area contributed by atoms with Crippen molar-refractivity contribution in [2.45, 2.75) is 25.9 Å². The summed E-state index contributed by atoms with van der Waals surface area (Å²) in [6, 6.07) is 1.45. The van der Waals surface area contributed by atoms with Crippen LogP contribution < -0.4 is 21.1 Å². The number of hydrogen-bond donors (Lipinski definition) is 1. The predicted octanol–water partition coefficient (Wildman–Crippen LogP) is 0.939. The van der Waals surface area contributed by atoms with Crippen LogP contribution in [0.1, 0.15) is 12.5 Å². The molecule has 1 aromatic heterocycles. The largest absolute Gasteiger partial charge is 0.368 e. The van der Waals surface area contributed by atoms with Gasteiger partial charge in [-0.2, -0.15) is 0 Å². The van der Waals surface area contributed by atoms with Gasteiger partial charge in [-0.3, -0.25) is 14.5 Å². The van der Waals surface area contributed by atoms with E-state index in [-0.39, 0.29) is 35.4 Å². The average Bonchev–Trinajstić information content (AvgIpc) is 2.64. The number of carbonyl (C=O) groups excluding carboxylic acids is 1. The van der Waals surface area contributed by atoms with Crippen LogP contribution >= 0.6 is 0 Å². The second kappa shape index (κ2) is 6.69. The van der Waals surface area contributed by atoms with Gasteiger partial charge < -0.3 is 20.1 Å². The molecule has 2 aliphatic rings. The van der Waals surface area contributed by atoms with E-state index in [1.54, 1.807) is 4.90 Å². The van der Waals surface area contributed by atoms with Gasteiger partial charge in [0, 0.05) is 43.7 Å². The zero-order chi connectivity index (χ0) is 21.2. The summed E-state index contributed by atoms with van der Waals surface area (Å²) in [5, 5.41) is 0.332. The van der Waals surface area contributed by atoms with Gasteiger partial charge in [-0.25, -0.2) is 8.78 Å². The van der Waals surface area contributed by atoms with E-state index in [0.29, 0.717) is 30.7 Å². The summed E-state index contributed by atoms with van der Waals surface area (Å²) >= 11 is 0. The van der Waals surface area contributed by atoms with Crippen molar-refractivity contribution in [1.29, 1.82) is 0 Å². The van der Waals surface area contributed by atoms with E-state index in [9.17, 15) is 14.0 Å². The number of fused-ring (bicyclic) bond motifs is 5. The minimum Gasteiger partial charge on any atom is -0.368 e. The number of piperazine rings is 1. The lowest BCUT2D eigenvalue weighted by Gasteiger charge is -2.51. The molecule has 0 saturated carbocycles. The Morgan fingerprint density at radius 3 is 2.55 bits per heavy atom. The van der Waals surface area contributed by atoms with Crippen LogP contribution in [0.5, 0.6) is 0 Å². The van der Waals surface area contributed by atoms with Gasteiger partial charge in [0.1, 0.15) is 11.5 Å². The van der Waals surface area contributed by atoms with Crippen LogP contribution in [0.15, 0.2) is 10.9 Å². The normalized spacial score (nSPS) is 22.0. The van der Waals surface area contributed by atoms with Crippen molar-refractivity contribution in [2.24, 2.45) is 12.8 Å². The zero-order valence-electron chi connectivity index (χ0n) is 17.0. The van der Waals surface area contributed by atoms with Crippen LogP contribution in [-0.4, -0.2) is 60.7 Å². The van der Waals surface area contributed by atoms with Gasteiger partial charge in [-0.15, -0.1) is 0 Å². The highest BCUT2D eigenvalue weighted by atomic mass is 19.1. The first-order valence-corrected chi connectivity index (χ1v) is 9.63. The Hall–Kier alpha value is -2.68. The summed E-state index contributed by atoms with van der Waals surface area (Å²) in [5.74, 6) is -1.97. The summed E-state index contributed by atoms with van der Waals surface area (Å²) in [6.07, 6.45) is 0. The molecular weight excluding hydrogens is 380 g/mol. The molecule has 1 amide bonds. The number of halogens is 2. The number of carbonyl (C=O) groups is 1. The number of anilines is 2. The van der Waals surface area contributed by atoms with E-state index < -0.39 is 23.1 Å². The predicted molar refractivity (Wildman–Crippen MR) is 108 cm³/mol. The molecule has 156 valence electrons. The Labute approximate surface area is 167 Å². The number of pyridine rings is 1. The van der Waals surface area contributed by atoms with Crippen molar-refractivity contribution in [2.75, 3.05) is 43.0 Å². The number of primary amides is 1. The summed E-state index contributed by atoms with van der Waals surface area (Å²) < 4.78 is 30.8. The third-order valence-corrected chi connectivity index (χ3v) is 6.28. The molecule has 0 aliphatic carbocycles. The number of nitrogens with two attached hydrogens (primary N) is 1. The minimum absolute atomic E-state index is 0.0363. The highest BCUT2D eigenvalue weighted by molar-refractivity contribution is 6.01. The quantitative estimate of drug-likeness (QED) is 0.805. The Balaban J connectivity index is 2.09. The lowest BCUT2D eigenvalue weighted by Crippen LogP contribution is -2.63. The molecule has 0 bridgehead atoms. The maximum Gasteiger partial charge on any atom is 0.276 e. The molecular formula is C20H25F2N5O2.